The molecule has 0 aliphatic carbocycles. The molecule has 1 aliphatic heterocycles. The number of benzene rings is 2. The van der Waals surface area contributed by atoms with Gasteiger partial charge < -0.3 is 9.88 Å². The number of halogens is 2. The molecule has 3 aromatic rings. The molecule has 0 bridgehead atoms. The van der Waals surface area contributed by atoms with Crippen molar-refractivity contribution >= 4 is 45.6 Å². The zero-order chi connectivity index (χ0) is 15.3. The fourth-order valence-corrected chi connectivity index (χ4v) is 3.52. The Labute approximate surface area is 137 Å². The van der Waals surface area contributed by atoms with Crippen LogP contribution in [0.5, 0.6) is 0 Å². The van der Waals surface area contributed by atoms with Crippen molar-refractivity contribution in [2.24, 2.45) is 0 Å². The van der Waals surface area contributed by atoms with Crippen LogP contribution in [0.1, 0.15) is 11.6 Å². The number of nitrogens with zero attached hydrogens (tertiary/aromatic N) is 1. The average Bonchev–Trinajstić information content (AvgIpc) is 2.95. The summed E-state index contributed by atoms with van der Waals surface area (Å²) in [5.74, 6) is 0.00592. The van der Waals surface area contributed by atoms with Gasteiger partial charge in [-0.05, 0) is 24.3 Å². The smallest absolute Gasteiger partial charge is 0.197 e. The van der Waals surface area contributed by atoms with Crippen molar-refractivity contribution in [1.82, 2.24) is 4.98 Å². The monoisotopic (exact) mass is 330 g/mol. The molecule has 1 fully saturated rings. The first-order valence-electron chi connectivity index (χ1n) is 6.94. The fourth-order valence-electron chi connectivity index (χ4n) is 2.99. The van der Waals surface area contributed by atoms with Crippen LogP contribution >= 0.6 is 23.2 Å². The minimum Gasteiger partial charge on any atom is -0.361 e. The van der Waals surface area contributed by atoms with Crippen molar-refractivity contribution in [2.75, 3.05) is 4.90 Å². The van der Waals surface area contributed by atoms with Gasteiger partial charge in [0.2, 0.25) is 0 Å². The lowest BCUT2D eigenvalue weighted by Crippen LogP contribution is -2.56. The third-order valence-corrected chi connectivity index (χ3v) is 4.71. The van der Waals surface area contributed by atoms with Crippen LogP contribution in [0, 0.1) is 0 Å². The number of nitrogens with one attached hydrogen (secondary N) is 1. The van der Waals surface area contributed by atoms with Gasteiger partial charge in [-0.3, -0.25) is 4.79 Å². The van der Waals surface area contributed by atoms with Crippen molar-refractivity contribution in [3.05, 3.63) is 65.3 Å². The number of ketones is 1. The number of fused-ring (bicyclic) bond motifs is 1. The van der Waals surface area contributed by atoms with Crippen LogP contribution in [0.4, 0.5) is 5.69 Å². The van der Waals surface area contributed by atoms with Crippen LogP contribution in [0.15, 0.2) is 54.7 Å². The van der Waals surface area contributed by atoms with Crippen molar-refractivity contribution < 1.29 is 4.79 Å². The number of aromatic amines is 1. The molecule has 2 atom stereocenters. The maximum Gasteiger partial charge on any atom is 0.197 e. The van der Waals surface area contributed by atoms with Gasteiger partial charge in [-0.25, -0.2) is 0 Å². The first kappa shape index (κ1) is 13.7. The molecule has 5 heteroatoms. The van der Waals surface area contributed by atoms with E-state index in [1.54, 1.807) is 6.07 Å². The molecule has 2 heterocycles. The zero-order valence-electron chi connectivity index (χ0n) is 11.5. The summed E-state index contributed by atoms with van der Waals surface area (Å²) in [7, 11) is 0. The summed E-state index contributed by atoms with van der Waals surface area (Å²) in [5, 5.41) is 1.66. The number of aromatic nitrogens is 1. The first-order valence-corrected chi connectivity index (χ1v) is 7.76. The lowest BCUT2D eigenvalue weighted by atomic mass is 9.92. The van der Waals surface area contributed by atoms with E-state index in [0.29, 0.717) is 5.02 Å². The molecule has 2 aromatic carbocycles. The van der Waals surface area contributed by atoms with Gasteiger partial charge in [0.25, 0.3) is 0 Å². The van der Waals surface area contributed by atoms with E-state index in [2.05, 4.69) is 4.98 Å². The molecule has 22 heavy (non-hydrogen) atoms. The van der Waals surface area contributed by atoms with Gasteiger partial charge in [0.15, 0.2) is 11.3 Å². The second-order valence-electron chi connectivity index (χ2n) is 5.32. The number of Topliss-reactive ketones (excluding diaryl/α,β-unsaturated/α-hetero) is 1. The zero-order valence-corrected chi connectivity index (χ0v) is 13.0. The van der Waals surface area contributed by atoms with Gasteiger partial charge in [-0.1, -0.05) is 47.5 Å². The van der Waals surface area contributed by atoms with E-state index >= 15 is 0 Å². The molecule has 0 saturated carbocycles. The number of carbonyl (C=O) groups excluding carboxylic acids is 1. The van der Waals surface area contributed by atoms with Crippen LogP contribution in [0.3, 0.4) is 0 Å². The number of carbonyl (C=O) groups is 1. The van der Waals surface area contributed by atoms with Gasteiger partial charge in [0, 0.05) is 33.4 Å². The van der Waals surface area contributed by atoms with Gasteiger partial charge >= 0.3 is 0 Å². The van der Waals surface area contributed by atoms with Gasteiger partial charge in [-0.2, -0.15) is 0 Å². The lowest BCUT2D eigenvalue weighted by Gasteiger charge is -2.45. The Morgan fingerprint density at radius 3 is 2.73 bits per heavy atom. The van der Waals surface area contributed by atoms with Crippen LogP contribution in [0.25, 0.3) is 10.9 Å². The number of para-hydroxylation sites is 1. The van der Waals surface area contributed by atoms with Crippen LogP contribution in [-0.2, 0) is 4.79 Å². The predicted molar refractivity (Wildman–Crippen MR) is 89.6 cm³/mol. The normalized spacial score (nSPS) is 21.2. The summed E-state index contributed by atoms with van der Waals surface area (Å²) >= 11 is 12.3. The van der Waals surface area contributed by atoms with Crippen molar-refractivity contribution in [3.63, 3.8) is 0 Å². The molecule has 3 nitrogen and oxygen atoms in total. The van der Waals surface area contributed by atoms with E-state index in [-0.39, 0.29) is 11.8 Å². The van der Waals surface area contributed by atoms with Gasteiger partial charge in [0.1, 0.15) is 6.04 Å². The molecule has 0 radical (unpaired) electrons. The third-order valence-electron chi connectivity index (χ3n) is 4.05. The summed E-state index contributed by atoms with van der Waals surface area (Å²) < 4.78 is 0. The highest BCUT2D eigenvalue weighted by molar-refractivity contribution is 6.37. The predicted octanol–water partition coefficient (Wildman–Crippen LogP) is 4.52. The highest BCUT2D eigenvalue weighted by Gasteiger charge is 2.48. The number of anilines is 1. The Kier molecular flexibility index (Phi) is 3.13. The summed E-state index contributed by atoms with van der Waals surface area (Å²) in [6.45, 7) is 0. The lowest BCUT2D eigenvalue weighted by molar-refractivity contribution is -0.124. The molecule has 0 spiro atoms. The van der Waals surface area contributed by atoms with Crippen LogP contribution < -0.4 is 4.90 Å². The Balaban J connectivity index is 1.81. The molecular weight excluding hydrogens is 319 g/mol. The quantitative estimate of drug-likeness (QED) is 0.554. The van der Waals surface area contributed by atoms with E-state index < -0.39 is 5.50 Å². The summed E-state index contributed by atoms with van der Waals surface area (Å²) in [4.78, 5) is 17.5. The van der Waals surface area contributed by atoms with E-state index in [1.165, 1.54) is 0 Å². The Morgan fingerprint density at radius 2 is 1.91 bits per heavy atom. The molecule has 0 unspecified atom stereocenters. The molecule has 4 rings (SSSR count). The number of rotatable bonds is 2. The van der Waals surface area contributed by atoms with Crippen molar-refractivity contribution in [3.8, 4) is 0 Å². The fraction of sp³-hybridized carbons (Fsp3) is 0.118. The van der Waals surface area contributed by atoms with Crippen LogP contribution in [-0.4, -0.2) is 16.3 Å². The van der Waals surface area contributed by atoms with Crippen LogP contribution in [0.2, 0.25) is 5.02 Å². The van der Waals surface area contributed by atoms with Gasteiger partial charge in [-0.15, -0.1) is 0 Å². The summed E-state index contributed by atoms with van der Waals surface area (Å²) in [6.07, 6.45) is 1.88. The molecule has 1 aliphatic rings. The summed E-state index contributed by atoms with van der Waals surface area (Å²) in [6, 6.07) is 14.9. The molecule has 0 amide bonds. The molecule has 110 valence electrons. The average molecular weight is 331 g/mol. The summed E-state index contributed by atoms with van der Waals surface area (Å²) in [5.41, 5.74) is 2.14. The van der Waals surface area contributed by atoms with Gasteiger partial charge in [0.05, 0.1) is 0 Å². The topological polar surface area (TPSA) is 36.1 Å². The minimum atomic E-state index is -0.655. The Bertz CT molecular complexity index is 874. The van der Waals surface area contributed by atoms with Crippen molar-refractivity contribution in [2.45, 2.75) is 11.5 Å². The Morgan fingerprint density at radius 1 is 1.09 bits per heavy atom. The highest BCUT2D eigenvalue weighted by Crippen LogP contribution is 2.43. The maximum absolute atomic E-state index is 12.4. The highest BCUT2D eigenvalue weighted by atomic mass is 35.5. The SMILES string of the molecule is O=C1[C@@H](Cl)N(c2cccc(Cl)c2)[C@H]1c1c[nH]c2ccccc12. The second kappa shape index (κ2) is 5.04. The minimum absolute atomic E-state index is 0.00592. The Hall–Kier alpha value is -1.97. The second-order valence-corrected chi connectivity index (χ2v) is 6.17. The molecule has 1 aromatic heterocycles. The molecule has 1 N–H and O–H groups in total. The van der Waals surface area contributed by atoms with Crippen molar-refractivity contribution in [1.29, 1.82) is 0 Å². The largest absolute Gasteiger partial charge is 0.361 e. The number of hydrogen-bond donors (Lipinski definition) is 1. The van der Waals surface area contributed by atoms with E-state index in [1.807, 2.05) is 53.6 Å². The number of hydrogen-bond acceptors (Lipinski definition) is 2. The van der Waals surface area contributed by atoms with E-state index in [4.69, 9.17) is 23.2 Å². The number of H-pyrrole nitrogens is 1. The van der Waals surface area contributed by atoms with E-state index in [9.17, 15) is 4.79 Å². The standard InChI is InChI=1S/C17H12Cl2N2O/c18-10-4-3-5-11(8-10)21-15(16(22)17(21)19)13-9-20-14-7-2-1-6-12(13)14/h1-9,15,17,20H/t15-,17-/m0/s1. The number of alkyl halides is 1. The molecular formula is C17H12Cl2N2O. The maximum atomic E-state index is 12.4. The van der Waals surface area contributed by atoms with E-state index in [0.717, 1.165) is 22.2 Å². The first-order chi connectivity index (χ1) is 10.7. The third kappa shape index (κ3) is 1.93. The molecule has 1 saturated heterocycles.